The zero-order chi connectivity index (χ0) is 13.7. The minimum Gasteiger partial charge on any atom is -0.495 e. The molecular weight excluding hydrogens is 258 g/mol. The summed E-state index contributed by atoms with van der Waals surface area (Å²) in [5.74, 6) is 0.0341. The predicted molar refractivity (Wildman–Crippen MR) is 69.0 cm³/mol. The van der Waals surface area contributed by atoms with Crippen molar-refractivity contribution in [1.82, 2.24) is 5.32 Å². The fourth-order valence-corrected chi connectivity index (χ4v) is 1.45. The van der Waals surface area contributed by atoms with E-state index in [1.807, 2.05) is 0 Å². The number of methoxy groups -OCH3 is 1. The standard InChI is InChI=1S/C11H14ClN3O3/c1-6-3-8(9(18-2)4-7(6)12)15-10(16)5-14-11(13)17/h3-4H,5H2,1-2H3,(H,15,16)(H3,13,14,17). The Morgan fingerprint density at radius 3 is 2.67 bits per heavy atom. The highest BCUT2D eigenvalue weighted by atomic mass is 35.5. The molecule has 0 heterocycles. The number of carbonyl (C=O) groups excluding carboxylic acids is 2. The summed E-state index contributed by atoms with van der Waals surface area (Å²) in [7, 11) is 1.47. The molecule has 0 aromatic heterocycles. The van der Waals surface area contributed by atoms with Crippen LogP contribution in [-0.4, -0.2) is 25.6 Å². The van der Waals surface area contributed by atoms with Gasteiger partial charge in [-0.1, -0.05) is 11.6 Å². The number of rotatable bonds is 4. The molecule has 0 aliphatic rings. The molecule has 3 amide bonds. The highest BCUT2D eigenvalue weighted by molar-refractivity contribution is 6.31. The van der Waals surface area contributed by atoms with E-state index in [0.29, 0.717) is 16.5 Å². The van der Waals surface area contributed by atoms with Crippen molar-refractivity contribution in [3.05, 3.63) is 22.7 Å². The van der Waals surface area contributed by atoms with Crippen molar-refractivity contribution >= 4 is 29.2 Å². The molecule has 1 aromatic rings. The van der Waals surface area contributed by atoms with E-state index < -0.39 is 11.9 Å². The Bertz CT molecular complexity index is 477. The second kappa shape index (κ2) is 6.11. The van der Waals surface area contributed by atoms with Gasteiger partial charge in [0.15, 0.2) is 0 Å². The molecule has 0 saturated carbocycles. The van der Waals surface area contributed by atoms with Crippen molar-refractivity contribution in [2.45, 2.75) is 6.92 Å². The number of ether oxygens (including phenoxy) is 1. The molecule has 0 fully saturated rings. The molecular formula is C11H14ClN3O3. The molecule has 7 heteroatoms. The smallest absolute Gasteiger partial charge is 0.312 e. The number of nitrogens with two attached hydrogens (primary N) is 1. The maximum atomic E-state index is 11.5. The van der Waals surface area contributed by atoms with E-state index in [1.165, 1.54) is 7.11 Å². The summed E-state index contributed by atoms with van der Waals surface area (Å²) < 4.78 is 5.10. The zero-order valence-corrected chi connectivity index (χ0v) is 10.8. The van der Waals surface area contributed by atoms with E-state index in [-0.39, 0.29) is 6.54 Å². The summed E-state index contributed by atoms with van der Waals surface area (Å²) in [6, 6.07) is 2.53. The Morgan fingerprint density at radius 2 is 2.11 bits per heavy atom. The summed E-state index contributed by atoms with van der Waals surface area (Å²) in [5.41, 5.74) is 6.15. The summed E-state index contributed by atoms with van der Waals surface area (Å²) in [4.78, 5) is 22.0. The normalized spacial score (nSPS) is 9.72. The quantitative estimate of drug-likeness (QED) is 0.770. The minimum atomic E-state index is -0.760. The molecule has 98 valence electrons. The highest BCUT2D eigenvalue weighted by Gasteiger charge is 2.10. The van der Waals surface area contributed by atoms with E-state index in [2.05, 4.69) is 10.6 Å². The van der Waals surface area contributed by atoms with Gasteiger partial charge in [0.1, 0.15) is 5.75 Å². The van der Waals surface area contributed by atoms with Crippen LogP contribution in [0.2, 0.25) is 5.02 Å². The van der Waals surface area contributed by atoms with Crippen LogP contribution in [0.3, 0.4) is 0 Å². The molecule has 6 nitrogen and oxygen atoms in total. The van der Waals surface area contributed by atoms with Crippen molar-refractivity contribution in [2.24, 2.45) is 5.73 Å². The molecule has 4 N–H and O–H groups in total. The number of hydrogen-bond donors (Lipinski definition) is 3. The van der Waals surface area contributed by atoms with Crippen LogP contribution >= 0.6 is 11.6 Å². The van der Waals surface area contributed by atoms with Crippen LogP contribution in [0.1, 0.15) is 5.56 Å². The number of amides is 3. The number of carbonyl (C=O) groups is 2. The third-order valence-electron chi connectivity index (χ3n) is 2.18. The summed E-state index contributed by atoms with van der Waals surface area (Å²) in [6.07, 6.45) is 0. The largest absolute Gasteiger partial charge is 0.495 e. The Hall–Kier alpha value is -1.95. The Kier molecular flexibility index (Phi) is 4.79. The number of urea groups is 1. The third-order valence-corrected chi connectivity index (χ3v) is 2.59. The second-order valence-electron chi connectivity index (χ2n) is 3.57. The number of benzene rings is 1. The maximum absolute atomic E-state index is 11.5. The number of halogens is 1. The third kappa shape index (κ3) is 3.81. The van der Waals surface area contributed by atoms with Gasteiger partial charge in [-0.25, -0.2) is 4.79 Å². The zero-order valence-electron chi connectivity index (χ0n) is 10.0. The van der Waals surface area contributed by atoms with Crippen molar-refractivity contribution in [2.75, 3.05) is 19.0 Å². The lowest BCUT2D eigenvalue weighted by atomic mass is 10.2. The van der Waals surface area contributed by atoms with E-state index in [1.54, 1.807) is 19.1 Å². The van der Waals surface area contributed by atoms with Crippen LogP contribution in [-0.2, 0) is 4.79 Å². The predicted octanol–water partition coefficient (Wildman–Crippen LogP) is 1.26. The number of anilines is 1. The monoisotopic (exact) mass is 271 g/mol. The molecule has 0 bridgehead atoms. The fraction of sp³-hybridized carbons (Fsp3) is 0.273. The first-order chi connectivity index (χ1) is 8.43. The molecule has 1 rings (SSSR count). The average Bonchev–Trinajstić information content (AvgIpc) is 2.31. The number of aryl methyl sites for hydroxylation is 1. The molecule has 0 unspecified atom stereocenters. The first kappa shape index (κ1) is 14.1. The summed E-state index contributed by atoms with van der Waals surface area (Å²) in [5, 5.41) is 5.32. The highest BCUT2D eigenvalue weighted by Crippen LogP contribution is 2.30. The van der Waals surface area contributed by atoms with Gasteiger partial charge in [0.2, 0.25) is 5.91 Å². The maximum Gasteiger partial charge on any atom is 0.312 e. The molecule has 1 aromatic carbocycles. The Morgan fingerprint density at radius 1 is 1.44 bits per heavy atom. The summed E-state index contributed by atoms with van der Waals surface area (Å²) >= 11 is 5.94. The van der Waals surface area contributed by atoms with Crippen molar-refractivity contribution in [3.8, 4) is 5.75 Å². The second-order valence-corrected chi connectivity index (χ2v) is 3.97. The van der Waals surface area contributed by atoms with Crippen molar-refractivity contribution in [3.63, 3.8) is 0 Å². The van der Waals surface area contributed by atoms with Gasteiger partial charge in [0.05, 0.1) is 19.3 Å². The van der Waals surface area contributed by atoms with Crippen molar-refractivity contribution < 1.29 is 14.3 Å². The minimum absolute atomic E-state index is 0.208. The Labute approximate surface area is 109 Å². The SMILES string of the molecule is COc1cc(Cl)c(C)cc1NC(=O)CNC(N)=O. The van der Waals surface area contributed by atoms with Crippen LogP contribution in [0.5, 0.6) is 5.75 Å². The van der Waals surface area contributed by atoms with Gasteiger partial charge in [-0.05, 0) is 18.6 Å². The van der Waals surface area contributed by atoms with E-state index >= 15 is 0 Å². The van der Waals surface area contributed by atoms with Crippen LogP contribution in [0.15, 0.2) is 12.1 Å². The number of hydrogen-bond acceptors (Lipinski definition) is 3. The van der Waals surface area contributed by atoms with Crippen LogP contribution in [0.4, 0.5) is 10.5 Å². The summed E-state index contributed by atoms with van der Waals surface area (Å²) in [6.45, 7) is 1.60. The lowest BCUT2D eigenvalue weighted by Crippen LogP contribution is -2.36. The first-order valence-electron chi connectivity index (χ1n) is 5.11. The van der Waals surface area contributed by atoms with Crippen LogP contribution in [0.25, 0.3) is 0 Å². The number of nitrogens with one attached hydrogen (secondary N) is 2. The van der Waals surface area contributed by atoms with Crippen LogP contribution < -0.4 is 21.1 Å². The molecule has 18 heavy (non-hydrogen) atoms. The van der Waals surface area contributed by atoms with E-state index in [4.69, 9.17) is 22.1 Å². The van der Waals surface area contributed by atoms with E-state index in [0.717, 1.165) is 5.56 Å². The number of primary amides is 1. The van der Waals surface area contributed by atoms with Gasteiger partial charge in [-0.2, -0.15) is 0 Å². The molecule has 0 aliphatic heterocycles. The topological polar surface area (TPSA) is 93.4 Å². The molecule has 0 aliphatic carbocycles. The Balaban J connectivity index is 2.80. The molecule has 0 spiro atoms. The van der Waals surface area contributed by atoms with Gasteiger partial charge < -0.3 is 21.1 Å². The average molecular weight is 272 g/mol. The van der Waals surface area contributed by atoms with Gasteiger partial charge in [-0.15, -0.1) is 0 Å². The van der Waals surface area contributed by atoms with Crippen molar-refractivity contribution in [1.29, 1.82) is 0 Å². The lowest BCUT2D eigenvalue weighted by molar-refractivity contribution is -0.115. The van der Waals surface area contributed by atoms with Gasteiger partial charge >= 0.3 is 6.03 Å². The first-order valence-corrected chi connectivity index (χ1v) is 5.49. The molecule has 0 radical (unpaired) electrons. The molecule has 0 atom stereocenters. The van der Waals surface area contributed by atoms with Gasteiger partial charge in [-0.3, -0.25) is 4.79 Å². The van der Waals surface area contributed by atoms with Gasteiger partial charge in [0, 0.05) is 11.1 Å². The van der Waals surface area contributed by atoms with Gasteiger partial charge in [0.25, 0.3) is 0 Å². The fourth-order valence-electron chi connectivity index (χ4n) is 1.29. The lowest BCUT2D eigenvalue weighted by Gasteiger charge is -2.12. The molecule has 0 saturated heterocycles. The van der Waals surface area contributed by atoms with E-state index in [9.17, 15) is 9.59 Å². The van der Waals surface area contributed by atoms with Crippen LogP contribution in [0, 0.1) is 6.92 Å².